The number of ether oxygens (including phenoxy) is 1. The molecular formula is C21H21ClN2OS2. The van der Waals surface area contributed by atoms with Gasteiger partial charge in [0.15, 0.2) is 0 Å². The van der Waals surface area contributed by atoms with Gasteiger partial charge in [-0.3, -0.25) is 0 Å². The maximum absolute atomic E-state index is 6.55. The topological polar surface area (TPSA) is 27.1 Å². The van der Waals surface area contributed by atoms with Crippen LogP contribution in [0, 0.1) is 0 Å². The van der Waals surface area contributed by atoms with Crippen molar-refractivity contribution in [3.63, 3.8) is 0 Å². The monoisotopic (exact) mass is 416 g/mol. The molecule has 3 nitrogen and oxygen atoms in total. The van der Waals surface area contributed by atoms with Crippen LogP contribution in [-0.4, -0.2) is 14.8 Å². The molecule has 0 bridgehead atoms. The number of hydrogen-bond acceptors (Lipinski definition) is 4. The molecule has 1 aromatic carbocycles. The van der Waals surface area contributed by atoms with Crippen LogP contribution in [0.25, 0.3) is 0 Å². The third-order valence-electron chi connectivity index (χ3n) is 5.50. The minimum atomic E-state index is 0.0939. The molecule has 0 saturated carbocycles. The summed E-state index contributed by atoms with van der Waals surface area (Å²) in [5.41, 5.74) is 5.59. The number of halogens is 1. The van der Waals surface area contributed by atoms with E-state index in [1.54, 1.807) is 16.9 Å². The number of imidazole rings is 1. The summed E-state index contributed by atoms with van der Waals surface area (Å²) in [7, 11) is 0. The SMILES string of the molecule is Clc1sccc1CO[C@@H]1c2c(ccc3c2CCCC3)S[C@@H]1Cn1ccnc1. The van der Waals surface area contributed by atoms with Crippen LogP contribution < -0.4 is 0 Å². The molecule has 140 valence electrons. The summed E-state index contributed by atoms with van der Waals surface area (Å²) in [4.78, 5) is 5.59. The lowest BCUT2D eigenvalue weighted by atomic mass is 9.86. The molecular weight excluding hydrogens is 396 g/mol. The van der Waals surface area contributed by atoms with Gasteiger partial charge in [0.25, 0.3) is 0 Å². The van der Waals surface area contributed by atoms with Crippen molar-refractivity contribution in [2.75, 3.05) is 0 Å². The molecule has 1 aliphatic heterocycles. The molecule has 3 heterocycles. The minimum Gasteiger partial charge on any atom is -0.367 e. The Hall–Kier alpha value is -1.27. The maximum atomic E-state index is 6.55. The molecule has 0 unspecified atom stereocenters. The Kier molecular flexibility index (Phi) is 5.03. The first kappa shape index (κ1) is 17.8. The number of fused-ring (bicyclic) bond motifs is 3. The average Bonchev–Trinajstić information content (AvgIpc) is 3.41. The molecule has 5 rings (SSSR count). The lowest BCUT2D eigenvalue weighted by Crippen LogP contribution is -2.21. The quantitative estimate of drug-likeness (QED) is 0.517. The summed E-state index contributed by atoms with van der Waals surface area (Å²) in [5, 5.41) is 2.38. The van der Waals surface area contributed by atoms with E-state index >= 15 is 0 Å². The zero-order chi connectivity index (χ0) is 18.2. The van der Waals surface area contributed by atoms with Gasteiger partial charge in [0.1, 0.15) is 0 Å². The number of rotatable bonds is 5. The molecule has 2 aliphatic rings. The van der Waals surface area contributed by atoms with Gasteiger partial charge in [0.05, 0.1) is 28.6 Å². The van der Waals surface area contributed by atoms with Crippen molar-refractivity contribution >= 4 is 34.7 Å². The lowest BCUT2D eigenvalue weighted by molar-refractivity contribution is 0.0362. The zero-order valence-corrected chi connectivity index (χ0v) is 17.3. The van der Waals surface area contributed by atoms with Crippen molar-refractivity contribution < 1.29 is 4.74 Å². The molecule has 1 aliphatic carbocycles. The van der Waals surface area contributed by atoms with Crippen molar-refractivity contribution in [1.29, 1.82) is 0 Å². The van der Waals surface area contributed by atoms with Crippen molar-refractivity contribution in [3.8, 4) is 0 Å². The van der Waals surface area contributed by atoms with E-state index in [9.17, 15) is 0 Å². The van der Waals surface area contributed by atoms with E-state index in [2.05, 4.69) is 27.8 Å². The first-order valence-corrected chi connectivity index (χ1v) is 11.5. The minimum absolute atomic E-state index is 0.0939. The highest BCUT2D eigenvalue weighted by Gasteiger charge is 2.37. The zero-order valence-electron chi connectivity index (χ0n) is 14.9. The molecule has 0 amide bonds. The predicted octanol–water partition coefficient (Wildman–Crippen LogP) is 5.91. The van der Waals surface area contributed by atoms with Gasteiger partial charge in [-0.1, -0.05) is 17.7 Å². The Morgan fingerprint density at radius 2 is 2.15 bits per heavy atom. The van der Waals surface area contributed by atoms with E-state index in [0.29, 0.717) is 11.9 Å². The number of thioether (sulfide) groups is 1. The van der Waals surface area contributed by atoms with Crippen LogP contribution in [0.1, 0.15) is 41.2 Å². The number of aryl methyl sites for hydroxylation is 1. The number of aromatic nitrogens is 2. The van der Waals surface area contributed by atoms with E-state index in [4.69, 9.17) is 16.3 Å². The highest BCUT2D eigenvalue weighted by molar-refractivity contribution is 8.00. The number of nitrogens with zero attached hydrogens (tertiary/aromatic N) is 2. The van der Waals surface area contributed by atoms with Gasteiger partial charge in [-0.25, -0.2) is 4.98 Å². The average molecular weight is 417 g/mol. The van der Waals surface area contributed by atoms with Gasteiger partial charge >= 0.3 is 0 Å². The van der Waals surface area contributed by atoms with Crippen LogP contribution in [-0.2, 0) is 30.7 Å². The molecule has 27 heavy (non-hydrogen) atoms. The third-order valence-corrected chi connectivity index (χ3v) is 8.06. The van der Waals surface area contributed by atoms with Crippen LogP contribution in [0.15, 0.2) is 47.2 Å². The fourth-order valence-electron chi connectivity index (χ4n) is 4.19. The third kappa shape index (κ3) is 3.46. The molecule has 6 heteroatoms. The van der Waals surface area contributed by atoms with Gasteiger partial charge in [-0.2, -0.15) is 0 Å². The molecule has 0 saturated heterocycles. The summed E-state index contributed by atoms with van der Waals surface area (Å²) in [6, 6.07) is 6.72. The summed E-state index contributed by atoms with van der Waals surface area (Å²) < 4.78 is 9.54. The lowest BCUT2D eigenvalue weighted by Gasteiger charge is -2.25. The van der Waals surface area contributed by atoms with Crippen molar-refractivity contribution in [2.24, 2.45) is 0 Å². The molecule has 2 aromatic heterocycles. The second kappa shape index (κ2) is 7.63. The van der Waals surface area contributed by atoms with Crippen LogP contribution in [0.3, 0.4) is 0 Å². The molecule has 0 radical (unpaired) electrons. The van der Waals surface area contributed by atoms with E-state index < -0.39 is 0 Å². The van der Waals surface area contributed by atoms with Gasteiger partial charge in [-0.15, -0.1) is 23.1 Å². The molecule has 0 N–H and O–H groups in total. The van der Waals surface area contributed by atoms with Gasteiger partial charge in [0, 0.05) is 29.4 Å². The molecule has 2 atom stereocenters. The highest BCUT2D eigenvalue weighted by atomic mass is 35.5. The van der Waals surface area contributed by atoms with E-state index in [1.807, 2.05) is 35.9 Å². The Morgan fingerprint density at radius 3 is 2.96 bits per heavy atom. The van der Waals surface area contributed by atoms with Crippen LogP contribution >= 0.6 is 34.7 Å². The Morgan fingerprint density at radius 1 is 1.22 bits per heavy atom. The van der Waals surface area contributed by atoms with Crippen LogP contribution in [0.4, 0.5) is 0 Å². The smallest absolute Gasteiger partial charge is 0.0983 e. The Bertz CT molecular complexity index is 938. The molecule has 3 aromatic rings. The van der Waals surface area contributed by atoms with E-state index in [1.165, 1.54) is 41.7 Å². The van der Waals surface area contributed by atoms with Crippen LogP contribution in [0.2, 0.25) is 4.34 Å². The first-order chi connectivity index (χ1) is 13.3. The number of benzene rings is 1. The predicted molar refractivity (Wildman–Crippen MR) is 112 cm³/mol. The Labute approximate surface area is 172 Å². The van der Waals surface area contributed by atoms with Crippen molar-refractivity contribution in [1.82, 2.24) is 9.55 Å². The normalized spacial score (nSPS) is 21.2. The first-order valence-electron chi connectivity index (χ1n) is 9.40. The largest absolute Gasteiger partial charge is 0.367 e. The fraction of sp³-hybridized carbons (Fsp3) is 0.381. The number of thiophene rings is 1. The summed E-state index contributed by atoms with van der Waals surface area (Å²) in [5.74, 6) is 0. The van der Waals surface area contributed by atoms with E-state index in [-0.39, 0.29) is 6.10 Å². The Balaban J connectivity index is 1.47. The van der Waals surface area contributed by atoms with Crippen LogP contribution in [0.5, 0.6) is 0 Å². The standard InChI is InChI=1S/C21H21ClN2OS2/c22-21-15(7-10-26-21)12-25-20-18(11-24-9-8-23-13-24)27-17-6-5-14-3-1-2-4-16(14)19(17)20/h5-10,13,18,20H,1-4,11-12H2/t18-,20+/m1/s1. The molecule has 0 spiro atoms. The van der Waals surface area contributed by atoms with Crippen molar-refractivity contribution in [3.05, 3.63) is 68.9 Å². The second-order valence-electron chi connectivity index (χ2n) is 7.19. The second-order valence-corrected chi connectivity index (χ2v) is 9.99. The molecule has 0 fully saturated rings. The fourth-order valence-corrected chi connectivity index (χ4v) is 6.51. The summed E-state index contributed by atoms with van der Waals surface area (Å²) in [6.45, 7) is 1.47. The van der Waals surface area contributed by atoms with Gasteiger partial charge in [0.2, 0.25) is 0 Å². The summed E-state index contributed by atoms with van der Waals surface area (Å²) in [6.07, 6.45) is 10.8. The van der Waals surface area contributed by atoms with Gasteiger partial charge in [-0.05, 0) is 59.9 Å². The maximum Gasteiger partial charge on any atom is 0.0983 e. The highest BCUT2D eigenvalue weighted by Crippen LogP contribution is 2.50. The van der Waals surface area contributed by atoms with Gasteiger partial charge < -0.3 is 9.30 Å². The number of hydrogen-bond donors (Lipinski definition) is 0. The van der Waals surface area contributed by atoms with Crippen molar-refractivity contribution in [2.45, 2.75) is 55.1 Å². The van der Waals surface area contributed by atoms with E-state index in [0.717, 1.165) is 16.4 Å². The summed E-state index contributed by atoms with van der Waals surface area (Å²) >= 11 is 9.83.